The SMILES string of the molecule is CCN(C(=O)c1cncc(C)c1)C(C)(C)C(=O)O. The van der Waals surface area contributed by atoms with Crippen LogP contribution < -0.4 is 0 Å². The Morgan fingerprint density at radius 3 is 2.44 bits per heavy atom. The number of carbonyl (C=O) groups is 2. The van der Waals surface area contributed by atoms with Crippen LogP contribution in [0, 0.1) is 6.92 Å². The van der Waals surface area contributed by atoms with Crippen LogP contribution in [0.2, 0.25) is 0 Å². The second kappa shape index (κ2) is 5.16. The van der Waals surface area contributed by atoms with Crippen LogP contribution in [-0.2, 0) is 4.79 Å². The van der Waals surface area contributed by atoms with E-state index in [2.05, 4.69) is 4.98 Å². The van der Waals surface area contributed by atoms with Crippen molar-refractivity contribution in [3.63, 3.8) is 0 Å². The standard InChI is InChI=1S/C13H18N2O3/c1-5-15(13(3,4)12(17)18)11(16)10-6-9(2)7-14-8-10/h6-8H,5H2,1-4H3,(H,17,18). The Bertz CT molecular complexity index is 469. The maximum absolute atomic E-state index is 12.3. The molecule has 98 valence electrons. The molecule has 0 aliphatic heterocycles. The van der Waals surface area contributed by atoms with Gasteiger partial charge in [-0.25, -0.2) is 4.79 Å². The van der Waals surface area contributed by atoms with Gasteiger partial charge >= 0.3 is 5.97 Å². The average molecular weight is 250 g/mol. The van der Waals surface area contributed by atoms with E-state index in [-0.39, 0.29) is 5.91 Å². The minimum atomic E-state index is -1.24. The number of likely N-dealkylation sites (N-methyl/N-ethyl adjacent to an activating group) is 1. The zero-order valence-corrected chi connectivity index (χ0v) is 11.1. The number of carbonyl (C=O) groups excluding carboxylic acids is 1. The first-order valence-corrected chi connectivity index (χ1v) is 5.77. The van der Waals surface area contributed by atoms with Gasteiger partial charge in [0.25, 0.3) is 5.91 Å². The molecule has 0 unspecified atom stereocenters. The van der Waals surface area contributed by atoms with Gasteiger partial charge < -0.3 is 10.0 Å². The molecule has 0 aromatic carbocycles. The Hall–Kier alpha value is -1.91. The molecule has 5 nitrogen and oxygen atoms in total. The first kappa shape index (κ1) is 14.2. The van der Waals surface area contributed by atoms with Gasteiger partial charge in [-0.2, -0.15) is 0 Å². The number of rotatable bonds is 4. The van der Waals surface area contributed by atoms with Crippen LogP contribution in [0.15, 0.2) is 18.5 Å². The highest BCUT2D eigenvalue weighted by molar-refractivity contribution is 5.97. The lowest BCUT2D eigenvalue weighted by atomic mass is 10.0. The van der Waals surface area contributed by atoms with Crippen molar-refractivity contribution < 1.29 is 14.7 Å². The summed E-state index contributed by atoms with van der Waals surface area (Å²) in [7, 11) is 0. The highest BCUT2D eigenvalue weighted by atomic mass is 16.4. The molecule has 1 heterocycles. The van der Waals surface area contributed by atoms with E-state index in [1.807, 2.05) is 6.92 Å². The molecule has 0 saturated carbocycles. The number of carboxylic acids is 1. The van der Waals surface area contributed by atoms with Crippen LogP contribution in [0.25, 0.3) is 0 Å². The minimum absolute atomic E-state index is 0.318. The number of hydrogen-bond donors (Lipinski definition) is 1. The van der Waals surface area contributed by atoms with Gasteiger partial charge in [0.2, 0.25) is 0 Å². The van der Waals surface area contributed by atoms with Crippen molar-refractivity contribution in [3.05, 3.63) is 29.6 Å². The molecule has 1 rings (SSSR count). The van der Waals surface area contributed by atoms with Gasteiger partial charge in [-0.05, 0) is 39.3 Å². The summed E-state index contributed by atoms with van der Waals surface area (Å²) in [5, 5.41) is 9.18. The van der Waals surface area contributed by atoms with Gasteiger partial charge in [0.15, 0.2) is 0 Å². The number of amides is 1. The number of aromatic nitrogens is 1. The zero-order valence-electron chi connectivity index (χ0n) is 11.1. The lowest BCUT2D eigenvalue weighted by Crippen LogP contribution is -2.52. The van der Waals surface area contributed by atoms with E-state index < -0.39 is 11.5 Å². The van der Waals surface area contributed by atoms with E-state index in [1.54, 1.807) is 19.2 Å². The lowest BCUT2D eigenvalue weighted by molar-refractivity contribution is -0.147. The van der Waals surface area contributed by atoms with Crippen LogP contribution in [0.3, 0.4) is 0 Å². The average Bonchev–Trinajstić information content (AvgIpc) is 2.29. The van der Waals surface area contributed by atoms with Crippen LogP contribution in [-0.4, -0.2) is 39.0 Å². The molecule has 0 radical (unpaired) electrons. The van der Waals surface area contributed by atoms with Gasteiger partial charge in [-0.15, -0.1) is 0 Å². The predicted molar refractivity (Wildman–Crippen MR) is 67.4 cm³/mol. The normalized spacial score (nSPS) is 11.1. The molecule has 0 aliphatic carbocycles. The number of aliphatic carboxylic acids is 1. The molecule has 0 atom stereocenters. The van der Waals surface area contributed by atoms with E-state index in [9.17, 15) is 14.7 Å². The smallest absolute Gasteiger partial charge is 0.329 e. The van der Waals surface area contributed by atoms with Crippen molar-refractivity contribution in [2.24, 2.45) is 0 Å². The monoisotopic (exact) mass is 250 g/mol. The van der Waals surface area contributed by atoms with E-state index in [0.717, 1.165) is 5.56 Å². The fourth-order valence-electron chi connectivity index (χ4n) is 1.74. The van der Waals surface area contributed by atoms with Gasteiger partial charge in [0, 0.05) is 18.9 Å². The number of hydrogen-bond acceptors (Lipinski definition) is 3. The maximum Gasteiger partial charge on any atom is 0.329 e. The third kappa shape index (κ3) is 2.67. The summed E-state index contributed by atoms with van der Waals surface area (Å²) in [5.74, 6) is -1.35. The molecular weight excluding hydrogens is 232 g/mol. The molecule has 1 aromatic heterocycles. The number of pyridine rings is 1. The topological polar surface area (TPSA) is 70.5 Å². The van der Waals surface area contributed by atoms with Gasteiger partial charge in [0.05, 0.1) is 5.56 Å². The van der Waals surface area contributed by atoms with Gasteiger partial charge in [0.1, 0.15) is 5.54 Å². The maximum atomic E-state index is 12.3. The number of carboxylic acid groups (broad SMARTS) is 1. The first-order valence-electron chi connectivity index (χ1n) is 5.77. The summed E-state index contributed by atoms with van der Waals surface area (Å²) in [5.41, 5.74) is 0.0338. The molecule has 0 aliphatic rings. The fourth-order valence-corrected chi connectivity index (χ4v) is 1.74. The molecule has 0 fully saturated rings. The Balaban J connectivity index is 3.11. The Kier molecular flexibility index (Phi) is 4.06. The second-order valence-corrected chi connectivity index (χ2v) is 4.66. The molecule has 0 saturated heterocycles. The first-order chi connectivity index (χ1) is 8.30. The fraction of sp³-hybridized carbons (Fsp3) is 0.462. The van der Waals surface area contributed by atoms with Crippen molar-refractivity contribution in [3.8, 4) is 0 Å². The summed E-state index contributed by atoms with van der Waals surface area (Å²) in [6.07, 6.45) is 3.10. The summed E-state index contributed by atoms with van der Waals surface area (Å²) in [6.45, 7) is 6.94. The second-order valence-electron chi connectivity index (χ2n) is 4.66. The summed E-state index contributed by atoms with van der Waals surface area (Å²) in [6, 6.07) is 1.70. The molecule has 1 aromatic rings. The predicted octanol–water partition coefficient (Wildman–Crippen LogP) is 1.72. The third-order valence-electron chi connectivity index (χ3n) is 2.88. The molecule has 1 N–H and O–H groups in total. The highest BCUT2D eigenvalue weighted by Gasteiger charge is 2.37. The lowest BCUT2D eigenvalue weighted by Gasteiger charge is -2.34. The van der Waals surface area contributed by atoms with Crippen molar-refractivity contribution in [1.29, 1.82) is 0 Å². The summed E-state index contributed by atoms with van der Waals surface area (Å²) >= 11 is 0. The largest absolute Gasteiger partial charge is 0.480 e. The quantitative estimate of drug-likeness (QED) is 0.883. The molecule has 1 amide bonds. The summed E-state index contributed by atoms with van der Waals surface area (Å²) < 4.78 is 0. The van der Waals surface area contributed by atoms with E-state index >= 15 is 0 Å². The molecule has 0 spiro atoms. The van der Waals surface area contributed by atoms with Crippen LogP contribution in [0.1, 0.15) is 36.7 Å². The van der Waals surface area contributed by atoms with Crippen molar-refractivity contribution in [2.75, 3.05) is 6.54 Å². The van der Waals surface area contributed by atoms with E-state index in [0.29, 0.717) is 12.1 Å². The molecular formula is C13H18N2O3. The Morgan fingerprint density at radius 1 is 1.39 bits per heavy atom. The number of aryl methyl sites for hydroxylation is 1. The van der Waals surface area contributed by atoms with Crippen LogP contribution in [0.4, 0.5) is 0 Å². The minimum Gasteiger partial charge on any atom is -0.480 e. The van der Waals surface area contributed by atoms with E-state index in [1.165, 1.54) is 24.9 Å². The Morgan fingerprint density at radius 2 is 2.00 bits per heavy atom. The van der Waals surface area contributed by atoms with E-state index in [4.69, 9.17) is 0 Å². The van der Waals surface area contributed by atoms with Crippen LogP contribution >= 0.6 is 0 Å². The highest BCUT2D eigenvalue weighted by Crippen LogP contribution is 2.18. The molecule has 0 bridgehead atoms. The number of nitrogens with zero attached hydrogens (tertiary/aromatic N) is 2. The van der Waals surface area contributed by atoms with Gasteiger partial charge in [-0.3, -0.25) is 9.78 Å². The van der Waals surface area contributed by atoms with Crippen molar-refractivity contribution in [1.82, 2.24) is 9.88 Å². The zero-order chi connectivity index (χ0) is 13.9. The Labute approximate surface area is 106 Å². The van der Waals surface area contributed by atoms with Crippen molar-refractivity contribution >= 4 is 11.9 Å². The summed E-state index contributed by atoms with van der Waals surface area (Å²) in [4.78, 5) is 28.8. The van der Waals surface area contributed by atoms with Gasteiger partial charge in [-0.1, -0.05) is 0 Å². The van der Waals surface area contributed by atoms with Crippen molar-refractivity contribution in [2.45, 2.75) is 33.2 Å². The molecule has 18 heavy (non-hydrogen) atoms. The van der Waals surface area contributed by atoms with Crippen LogP contribution in [0.5, 0.6) is 0 Å². The third-order valence-corrected chi connectivity index (χ3v) is 2.88. The molecule has 5 heteroatoms.